The highest BCUT2D eigenvalue weighted by molar-refractivity contribution is 7.10. The molecule has 50 heavy (non-hydrogen) atoms. The summed E-state index contributed by atoms with van der Waals surface area (Å²) < 4.78 is 37.7. The Kier molecular flexibility index (Phi) is 11.9. The van der Waals surface area contributed by atoms with Gasteiger partial charge in [0.15, 0.2) is 11.5 Å². The molecule has 4 aromatic rings. The number of methoxy groups -OCH3 is 2. The third-order valence-corrected chi connectivity index (χ3v) is 11.0. The van der Waals surface area contributed by atoms with E-state index in [1.165, 1.54) is 29.8 Å². The SMILES string of the molecule is COc1ccc([C@@H](COC(=O)c2csc(CNC(C(=O)O[C@H]3CN4CCC3CC4)c3ccccc3F)c2)Cc2c(Cl)cncc2Cl)cc1OC. The molecule has 0 saturated carbocycles. The molecule has 0 spiro atoms. The van der Waals surface area contributed by atoms with Crippen LogP contribution in [-0.2, 0) is 27.2 Å². The van der Waals surface area contributed by atoms with Crippen LogP contribution in [0, 0.1) is 11.7 Å². The van der Waals surface area contributed by atoms with Gasteiger partial charge in [-0.15, -0.1) is 11.3 Å². The molecule has 9 nitrogen and oxygen atoms in total. The third kappa shape index (κ3) is 8.41. The number of aromatic nitrogens is 1. The predicted molar refractivity (Wildman–Crippen MR) is 190 cm³/mol. The van der Waals surface area contributed by atoms with Crippen molar-refractivity contribution in [2.45, 2.75) is 43.9 Å². The number of thiophene rings is 1. The molecule has 0 radical (unpaired) electrons. The Morgan fingerprint density at radius 1 is 1.04 bits per heavy atom. The van der Waals surface area contributed by atoms with Crippen molar-refractivity contribution < 1.29 is 32.9 Å². The van der Waals surface area contributed by atoms with Crippen molar-refractivity contribution in [3.05, 3.63) is 109 Å². The Hall–Kier alpha value is -3.74. The molecule has 0 amide bonds. The van der Waals surface area contributed by atoms with Crippen molar-refractivity contribution in [2.75, 3.05) is 40.5 Å². The summed E-state index contributed by atoms with van der Waals surface area (Å²) in [5.74, 6) is -0.441. The zero-order valence-electron chi connectivity index (χ0n) is 27.7. The largest absolute Gasteiger partial charge is 0.493 e. The first-order valence-electron chi connectivity index (χ1n) is 16.4. The number of carbonyl (C=O) groups is 2. The van der Waals surface area contributed by atoms with Gasteiger partial charge in [0.2, 0.25) is 0 Å². The normalized spacial score (nSPS) is 19.4. The molecule has 2 aromatic heterocycles. The molecule has 3 aliphatic rings. The number of ether oxygens (including phenoxy) is 4. The van der Waals surface area contributed by atoms with Gasteiger partial charge in [-0.2, -0.15) is 0 Å². The van der Waals surface area contributed by atoms with Crippen LogP contribution in [0.25, 0.3) is 0 Å². The molecule has 0 aliphatic carbocycles. The van der Waals surface area contributed by atoms with Crippen molar-refractivity contribution in [3.8, 4) is 11.5 Å². The second-order valence-corrected chi connectivity index (χ2v) is 14.3. The second-order valence-electron chi connectivity index (χ2n) is 12.4. The lowest BCUT2D eigenvalue weighted by Gasteiger charge is -2.44. The fourth-order valence-corrected chi connectivity index (χ4v) is 7.92. The van der Waals surface area contributed by atoms with E-state index < -0.39 is 23.8 Å². The summed E-state index contributed by atoms with van der Waals surface area (Å²) in [5.41, 5.74) is 2.08. The first-order chi connectivity index (χ1) is 24.2. The Morgan fingerprint density at radius 2 is 1.78 bits per heavy atom. The summed E-state index contributed by atoms with van der Waals surface area (Å²) in [4.78, 5) is 34.0. The molecule has 3 atom stereocenters. The minimum atomic E-state index is -1.02. The number of carbonyl (C=O) groups excluding carboxylic acids is 2. The van der Waals surface area contributed by atoms with Crippen LogP contribution < -0.4 is 14.8 Å². The van der Waals surface area contributed by atoms with Crippen LogP contribution in [-0.4, -0.2) is 68.4 Å². The molecule has 7 rings (SSSR count). The van der Waals surface area contributed by atoms with Crippen molar-refractivity contribution >= 4 is 46.5 Å². The molecule has 2 aromatic carbocycles. The van der Waals surface area contributed by atoms with Crippen LogP contribution in [0.1, 0.15) is 56.7 Å². The van der Waals surface area contributed by atoms with Gasteiger partial charge in [0.05, 0.1) is 36.4 Å². The van der Waals surface area contributed by atoms with Gasteiger partial charge >= 0.3 is 11.9 Å². The smallest absolute Gasteiger partial charge is 0.339 e. The maximum absolute atomic E-state index is 15.0. The number of hydrogen-bond acceptors (Lipinski definition) is 10. The number of benzene rings is 2. The molecule has 3 fully saturated rings. The van der Waals surface area contributed by atoms with Gasteiger partial charge in [-0.05, 0) is 73.7 Å². The van der Waals surface area contributed by atoms with Gasteiger partial charge in [0.25, 0.3) is 0 Å². The van der Waals surface area contributed by atoms with Gasteiger partial charge < -0.3 is 18.9 Å². The number of fused-ring (bicyclic) bond motifs is 3. The summed E-state index contributed by atoms with van der Waals surface area (Å²) in [6.45, 7) is 2.96. The summed E-state index contributed by atoms with van der Waals surface area (Å²) in [6.07, 6.45) is 5.19. The number of nitrogens with zero attached hydrogens (tertiary/aromatic N) is 2. The minimum Gasteiger partial charge on any atom is -0.493 e. The first kappa shape index (κ1) is 36.1. The number of esters is 2. The minimum absolute atomic E-state index is 0.0213. The van der Waals surface area contributed by atoms with E-state index in [4.69, 9.17) is 42.1 Å². The first-order valence-corrected chi connectivity index (χ1v) is 18.0. The van der Waals surface area contributed by atoms with E-state index in [0.29, 0.717) is 51.6 Å². The molecule has 1 unspecified atom stereocenters. The van der Waals surface area contributed by atoms with E-state index in [9.17, 15) is 14.0 Å². The lowest BCUT2D eigenvalue weighted by molar-refractivity contribution is -0.161. The summed E-state index contributed by atoms with van der Waals surface area (Å²) in [6, 6.07) is 12.4. The maximum Gasteiger partial charge on any atom is 0.339 e. The highest BCUT2D eigenvalue weighted by Crippen LogP contribution is 2.35. The third-order valence-electron chi connectivity index (χ3n) is 9.38. The summed E-state index contributed by atoms with van der Waals surface area (Å²) >= 11 is 14.2. The standard InChI is InChI=1S/C37H38Cl2FN3O6S/c1-46-32-8-7-23(15-33(32)47-2)24(14-28-29(38)17-41-18-30(28)39)20-48-36(44)25-13-26(50-21-25)16-42-35(27-5-3-4-6-31(27)40)37(45)49-34-19-43-11-9-22(34)10-12-43/h3-8,13,15,17-18,21-22,24,34-35,42H,9-12,14,16,19-20H2,1-2H3/t24-,34+,35?/m1/s1. The van der Waals surface area contributed by atoms with Crippen LogP contribution in [0.5, 0.6) is 11.5 Å². The number of piperidine rings is 3. The van der Waals surface area contributed by atoms with E-state index in [-0.39, 0.29) is 30.7 Å². The molecule has 3 aliphatic heterocycles. The van der Waals surface area contributed by atoms with Crippen LogP contribution in [0.2, 0.25) is 10.0 Å². The average Bonchev–Trinajstić information content (AvgIpc) is 3.61. The summed E-state index contributed by atoms with van der Waals surface area (Å²) in [5, 5.41) is 5.70. The van der Waals surface area contributed by atoms with Crippen molar-refractivity contribution in [3.63, 3.8) is 0 Å². The summed E-state index contributed by atoms with van der Waals surface area (Å²) in [7, 11) is 3.11. The number of rotatable bonds is 14. The number of halogens is 3. The fraction of sp³-hybridized carbons (Fsp3) is 0.378. The van der Waals surface area contributed by atoms with E-state index in [0.717, 1.165) is 36.4 Å². The molecule has 3 saturated heterocycles. The molecular weight excluding hydrogens is 704 g/mol. The monoisotopic (exact) mass is 741 g/mol. The highest BCUT2D eigenvalue weighted by Gasteiger charge is 2.38. The van der Waals surface area contributed by atoms with Gasteiger partial charge in [-0.25, -0.2) is 14.0 Å². The molecule has 1 N–H and O–H groups in total. The predicted octanol–water partition coefficient (Wildman–Crippen LogP) is 7.26. The lowest BCUT2D eigenvalue weighted by atomic mass is 9.86. The number of pyridine rings is 1. The Labute approximate surface area is 304 Å². The van der Waals surface area contributed by atoms with Crippen LogP contribution >= 0.6 is 34.5 Å². The lowest BCUT2D eigenvalue weighted by Crippen LogP contribution is -2.52. The van der Waals surface area contributed by atoms with Crippen LogP contribution in [0.15, 0.2) is 66.3 Å². The second kappa shape index (κ2) is 16.5. The van der Waals surface area contributed by atoms with Crippen molar-refractivity contribution in [1.29, 1.82) is 0 Å². The highest BCUT2D eigenvalue weighted by atomic mass is 35.5. The average molecular weight is 743 g/mol. The zero-order chi connectivity index (χ0) is 35.2. The molecular formula is C37H38Cl2FN3O6S. The van der Waals surface area contributed by atoms with Crippen LogP contribution in [0.3, 0.4) is 0 Å². The van der Waals surface area contributed by atoms with Crippen LogP contribution in [0.4, 0.5) is 4.39 Å². The zero-order valence-corrected chi connectivity index (χ0v) is 30.0. The quantitative estimate of drug-likeness (QED) is 0.134. The van der Waals surface area contributed by atoms with E-state index in [1.54, 1.807) is 49.9 Å². The topological polar surface area (TPSA) is 99.2 Å². The van der Waals surface area contributed by atoms with Gasteiger partial charge in [-0.1, -0.05) is 47.5 Å². The number of hydrogen-bond donors (Lipinski definition) is 1. The van der Waals surface area contributed by atoms with Gasteiger partial charge in [0.1, 0.15) is 18.0 Å². The van der Waals surface area contributed by atoms with E-state index in [1.807, 2.05) is 12.1 Å². The van der Waals surface area contributed by atoms with Crippen molar-refractivity contribution in [1.82, 2.24) is 15.2 Å². The molecule has 2 bridgehead atoms. The molecule has 13 heteroatoms. The Bertz CT molecular complexity index is 1800. The van der Waals surface area contributed by atoms with E-state index >= 15 is 0 Å². The van der Waals surface area contributed by atoms with Gasteiger partial charge in [-0.3, -0.25) is 15.2 Å². The fourth-order valence-electron chi connectivity index (χ4n) is 6.59. The maximum atomic E-state index is 15.0. The van der Waals surface area contributed by atoms with Crippen molar-refractivity contribution in [2.24, 2.45) is 5.92 Å². The molecule has 5 heterocycles. The number of nitrogens with one attached hydrogen (secondary N) is 1. The molecule has 264 valence electrons. The van der Waals surface area contributed by atoms with Gasteiger partial charge in [0, 0.05) is 47.2 Å². The van der Waals surface area contributed by atoms with E-state index in [2.05, 4.69) is 15.2 Å². The Balaban J connectivity index is 1.13. The Morgan fingerprint density at radius 3 is 2.46 bits per heavy atom.